The van der Waals surface area contributed by atoms with E-state index in [1.807, 2.05) is 34.6 Å². The van der Waals surface area contributed by atoms with Crippen LogP contribution >= 0.6 is 11.5 Å². The van der Waals surface area contributed by atoms with Crippen LogP contribution in [0.3, 0.4) is 0 Å². The van der Waals surface area contributed by atoms with Gasteiger partial charge in [0.1, 0.15) is 4.88 Å². The predicted molar refractivity (Wildman–Crippen MR) is 71.8 cm³/mol. The highest BCUT2D eigenvalue weighted by atomic mass is 32.1. The van der Waals surface area contributed by atoms with E-state index in [1.54, 1.807) is 0 Å². The average molecular weight is 271 g/mol. The second-order valence-corrected chi connectivity index (χ2v) is 6.38. The molecule has 1 heterocycles. The number of aromatic nitrogens is 2. The van der Waals surface area contributed by atoms with Gasteiger partial charge in [0.2, 0.25) is 0 Å². The number of carbonyl (C=O) groups is 1. The molecule has 102 valence electrons. The van der Waals surface area contributed by atoms with Crippen LogP contribution in [-0.2, 0) is 5.41 Å². The molecule has 2 N–H and O–H groups in total. The molecule has 2 unspecified atom stereocenters. The highest BCUT2D eigenvalue weighted by Gasteiger charge is 2.27. The number of nitrogens with one attached hydrogen (secondary N) is 1. The van der Waals surface area contributed by atoms with Crippen LogP contribution in [-0.4, -0.2) is 33.2 Å². The Balaban J connectivity index is 2.83. The van der Waals surface area contributed by atoms with Gasteiger partial charge in [0.05, 0.1) is 5.69 Å². The lowest BCUT2D eigenvalue weighted by molar-refractivity contribution is 0.0918. The fourth-order valence-electron chi connectivity index (χ4n) is 1.40. The van der Waals surface area contributed by atoms with Crippen LogP contribution in [0, 0.1) is 5.92 Å². The monoisotopic (exact) mass is 271 g/mol. The summed E-state index contributed by atoms with van der Waals surface area (Å²) < 4.78 is 3.86. The third-order valence-corrected chi connectivity index (χ3v) is 3.63. The highest BCUT2D eigenvalue weighted by molar-refractivity contribution is 7.08. The molecule has 5 nitrogen and oxygen atoms in total. The SMILES string of the molecule is CC(CO)C(C)NC(=O)c1snnc1C(C)(C)C. The Labute approximate surface area is 112 Å². The maximum atomic E-state index is 12.1. The zero-order chi connectivity index (χ0) is 13.9. The van der Waals surface area contributed by atoms with Gasteiger partial charge in [-0.15, -0.1) is 5.10 Å². The molecule has 1 aromatic rings. The van der Waals surface area contributed by atoms with Crippen molar-refractivity contribution in [2.75, 3.05) is 6.61 Å². The minimum atomic E-state index is -0.203. The van der Waals surface area contributed by atoms with E-state index < -0.39 is 0 Å². The van der Waals surface area contributed by atoms with Gasteiger partial charge in [-0.05, 0) is 24.4 Å². The summed E-state index contributed by atoms with van der Waals surface area (Å²) in [5, 5.41) is 16.0. The number of amides is 1. The second-order valence-electron chi connectivity index (χ2n) is 5.62. The Morgan fingerprint density at radius 3 is 2.56 bits per heavy atom. The maximum Gasteiger partial charge on any atom is 0.265 e. The van der Waals surface area contributed by atoms with Crippen LogP contribution < -0.4 is 5.32 Å². The van der Waals surface area contributed by atoms with Gasteiger partial charge in [0.15, 0.2) is 0 Å². The van der Waals surface area contributed by atoms with E-state index in [4.69, 9.17) is 5.11 Å². The molecule has 0 saturated heterocycles. The molecule has 0 fully saturated rings. The van der Waals surface area contributed by atoms with E-state index in [0.29, 0.717) is 10.6 Å². The first-order valence-corrected chi connectivity index (χ1v) is 6.79. The number of rotatable bonds is 4. The Hall–Kier alpha value is -1.01. The molecule has 0 bridgehead atoms. The highest BCUT2D eigenvalue weighted by Crippen LogP contribution is 2.25. The third kappa shape index (κ3) is 3.49. The van der Waals surface area contributed by atoms with Gasteiger partial charge in [-0.2, -0.15) is 0 Å². The topological polar surface area (TPSA) is 75.1 Å². The molecule has 0 aliphatic carbocycles. The number of aliphatic hydroxyl groups excluding tert-OH is 1. The van der Waals surface area contributed by atoms with E-state index in [-0.39, 0.29) is 29.9 Å². The second kappa shape index (κ2) is 5.75. The van der Waals surface area contributed by atoms with Gasteiger partial charge >= 0.3 is 0 Å². The van der Waals surface area contributed by atoms with Crippen LogP contribution in [0.2, 0.25) is 0 Å². The van der Waals surface area contributed by atoms with Crippen molar-refractivity contribution < 1.29 is 9.90 Å². The molecule has 0 saturated carbocycles. The summed E-state index contributed by atoms with van der Waals surface area (Å²) in [4.78, 5) is 12.7. The van der Waals surface area contributed by atoms with Crippen LogP contribution in [0.25, 0.3) is 0 Å². The van der Waals surface area contributed by atoms with Crippen molar-refractivity contribution in [2.24, 2.45) is 5.92 Å². The van der Waals surface area contributed by atoms with E-state index in [0.717, 1.165) is 11.5 Å². The van der Waals surface area contributed by atoms with Crippen LogP contribution in [0.4, 0.5) is 0 Å². The Bertz CT molecular complexity index is 412. The Morgan fingerprint density at radius 1 is 1.44 bits per heavy atom. The lowest BCUT2D eigenvalue weighted by Gasteiger charge is -2.20. The lowest BCUT2D eigenvalue weighted by Crippen LogP contribution is -2.38. The van der Waals surface area contributed by atoms with E-state index in [1.165, 1.54) is 0 Å². The molecule has 6 heteroatoms. The largest absolute Gasteiger partial charge is 0.396 e. The summed E-state index contributed by atoms with van der Waals surface area (Å²) in [6, 6.07) is -0.0857. The zero-order valence-corrected chi connectivity index (χ0v) is 12.3. The molecule has 1 amide bonds. The minimum Gasteiger partial charge on any atom is -0.396 e. The first-order valence-electron chi connectivity index (χ1n) is 6.02. The normalized spacial score (nSPS) is 15.2. The molecule has 0 aromatic carbocycles. The van der Waals surface area contributed by atoms with Gasteiger partial charge in [-0.25, -0.2) is 0 Å². The quantitative estimate of drug-likeness (QED) is 0.872. The van der Waals surface area contributed by atoms with Crippen molar-refractivity contribution in [2.45, 2.75) is 46.1 Å². The first-order chi connectivity index (χ1) is 8.27. The smallest absolute Gasteiger partial charge is 0.265 e. The van der Waals surface area contributed by atoms with Crippen LogP contribution in [0.15, 0.2) is 0 Å². The van der Waals surface area contributed by atoms with Crippen molar-refractivity contribution >= 4 is 17.4 Å². The molecule has 0 aliphatic rings. The predicted octanol–water partition coefficient (Wildman–Crippen LogP) is 1.58. The number of hydrogen-bond acceptors (Lipinski definition) is 5. The summed E-state index contributed by atoms with van der Waals surface area (Å²) in [6.45, 7) is 9.82. The first kappa shape index (κ1) is 15.0. The van der Waals surface area contributed by atoms with Crippen LogP contribution in [0.5, 0.6) is 0 Å². The van der Waals surface area contributed by atoms with E-state index >= 15 is 0 Å². The molecule has 1 rings (SSSR count). The van der Waals surface area contributed by atoms with Crippen molar-refractivity contribution in [3.8, 4) is 0 Å². The van der Waals surface area contributed by atoms with Crippen molar-refractivity contribution in [3.05, 3.63) is 10.6 Å². The molecule has 0 spiro atoms. The van der Waals surface area contributed by atoms with Gasteiger partial charge in [0.25, 0.3) is 5.91 Å². The Kier molecular flexibility index (Phi) is 4.81. The fourth-order valence-corrected chi connectivity index (χ4v) is 2.18. The minimum absolute atomic E-state index is 0.0212. The van der Waals surface area contributed by atoms with E-state index in [2.05, 4.69) is 14.9 Å². The van der Waals surface area contributed by atoms with Gasteiger partial charge in [-0.3, -0.25) is 4.79 Å². The number of carbonyl (C=O) groups excluding carboxylic acids is 1. The zero-order valence-electron chi connectivity index (χ0n) is 11.5. The number of nitrogens with zero attached hydrogens (tertiary/aromatic N) is 2. The molecule has 1 aromatic heterocycles. The van der Waals surface area contributed by atoms with Crippen molar-refractivity contribution in [1.82, 2.24) is 14.9 Å². The number of aliphatic hydroxyl groups is 1. The van der Waals surface area contributed by atoms with E-state index in [9.17, 15) is 4.79 Å². The van der Waals surface area contributed by atoms with Crippen molar-refractivity contribution in [3.63, 3.8) is 0 Å². The molecule has 18 heavy (non-hydrogen) atoms. The van der Waals surface area contributed by atoms with Crippen LogP contribution in [0.1, 0.15) is 50.0 Å². The maximum absolute atomic E-state index is 12.1. The molecule has 2 atom stereocenters. The third-order valence-electron chi connectivity index (χ3n) is 2.90. The lowest BCUT2D eigenvalue weighted by atomic mass is 9.91. The fraction of sp³-hybridized carbons (Fsp3) is 0.750. The summed E-state index contributed by atoms with van der Waals surface area (Å²) in [7, 11) is 0. The number of hydrogen-bond donors (Lipinski definition) is 2. The molecule has 0 radical (unpaired) electrons. The molecule has 0 aliphatic heterocycles. The molecular formula is C12H21N3O2S. The summed E-state index contributed by atoms with van der Waals surface area (Å²) in [5.41, 5.74) is 0.514. The van der Waals surface area contributed by atoms with Gasteiger partial charge < -0.3 is 10.4 Å². The van der Waals surface area contributed by atoms with Crippen molar-refractivity contribution in [1.29, 1.82) is 0 Å². The average Bonchev–Trinajstić information content (AvgIpc) is 2.76. The standard InChI is InChI=1S/C12H21N3O2S/c1-7(6-16)8(2)13-11(17)9-10(12(3,4)5)14-15-18-9/h7-8,16H,6H2,1-5H3,(H,13,17). The summed E-state index contributed by atoms with van der Waals surface area (Å²) in [6.07, 6.45) is 0. The van der Waals surface area contributed by atoms with Gasteiger partial charge in [-0.1, -0.05) is 32.2 Å². The summed E-state index contributed by atoms with van der Waals surface area (Å²) >= 11 is 1.11. The van der Waals surface area contributed by atoms with Gasteiger partial charge in [0, 0.05) is 18.1 Å². The summed E-state index contributed by atoms with van der Waals surface area (Å²) in [5.74, 6) is -0.143. The molecular weight excluding hydrogens is 250 g/mol. The Morgan fingerprint density at radius 2 is 2.06 bits per heavy atom.